The van der Waals surface area contributed by atoms with Crippen molar-refractivity contribution in [2.45, 2.75) is 13.0 Å². The third-order valence-corrected chi connectivity index (χ3v) is 3.16. The molecule has 2 rings (SSSR count). The van der Waals surface area contributed by atoms with E-state index in [0.717, 1.165) is 5.69 Å². The number of nitrogens with zero attached hydrogens (tertiary/aromatic N) is 2. The maximum atomic E-state index is 12.3. The summed E-state index contributed by atoms with van der Waals surface area (Å²) in [7, 11) is 0. The molecule has 0 bridgehead atoms. The molecule has 6 heteroatoms. The molecule has 0 aromatic carbocycles. The number of aliphatic hydroxyl groups excluding tert-OH is 1. The van der Waals surface area contributed by atoms with Gasteiger partial charge in [-0.25, -0.2) is 0 Å². The van der Waals surface area contributed by atoms with Crippen molar-refractivity contribution in [1.29, 1.82) is 0 Å². The molecule has 1 unspecified atom stereocenters. The number of aliphatic hydroxyl groups is 1. The Labute approximate surface area is 110 Å². The Bertz CT molecular complexity index is 453. The van der Waals surface area contributed by atoms with Crippen molar-refractivity contribution >= 4 is 17.5 Å². The predicted molar refractivity (Wildman–Crippen MR) is 66.7 cm³/mol. The minimum Gasteiger partial charge on any atom is -0.394 e. The standard InChI is InChI=1S/C12H15ClN2O3/c1-8-4-11(13)10(5-14-8)12(17)15-2-3-18-9(6-15)7-16/h4-5,9,16H,2-3,6-7H2,1H3. The highest BCUT2D eigenvalue weighted by Gasteiger charge is 2.25. The number of aryl methyl sites for hydroxylation is 1. The number of pyridine rings is 1. The lowest BCUT2D eigenvalue weighted by atomic mass is 10.2. The maximum Gasteiger partial charge on any atom is 0.257 e. The second-order valence-corrected chi connectivity index (χ2v) is 4.64. The SMILES string of the molecule is Cc1cc(Cl)c(C(=O)N2CCOC(CO)C2)cn1. The molecule has 1 saturated heterocycles. The van der Waals surface area contributed by atoms with Crippen molar-refractivity contribution in [3.8, 4) is 0 Å². The van der Waals surface area contributed by atoms with Gasteiger partial charge < -0.3 is 14.7 Å². The van der Waals surface area contributed by atoms with E-state index >= 15 is 0 Å². The summed E-state index contributed by atoms with van der Waals surface area (Å²) in [6.07, 6.45) is 1.17. The van der Waals surface area contributed by atoms with E-state index < -0.39 is 0 Å². The van der Waals surface area contributed by atoms with Crippen molar-refractivity contribution in [2.75, 3.05) is 26.3 Å². The van der Waals surface area contributed by atoms with Gasteiger partial charge in [0.05, 0.1) is 29.9 Å². The Balaban J connectivity index is 2.15. The number of halogens is 1. The van der Waals surface area contributed by atoms with Crippen LogP contribution in [0.15, 0.2) is 12.3 Å². The molecular formula is C12H15ClN2O3. The zero-order valence-electron chi connectivity index (χ0n) is 10.1. The highest BCUT2D eigenvalue weighted by atomic mass is 35.5. The summed E-state index contributed by atoms with van der Waals surface area (Å²) in [5.74, 6) is -0.172. The average Bonchev–Trinajstić information content (AvgIpc) is 2.38. The lowest BCUT2D eigenvalue weighted by molar-refractivity contribution is -0.0447. The number of rotatable bonds is 2. The summed E-state index contributed by atoms with van der Waals surface area (Å²) >= 11 is 6.05. The van der Waals surface area contributed by atoms with Gasteiger partial charge in [-0.1, -0.05) is 11.6 Å². The Morgan fingerprint density at radius 1 is 1.72 bits per heavy atom. The van der Waals surface area contributed by atoms with Crippen molar-refractivity contribution in [3.63, 3.8) is 0 Å². The third kappa shape index (κ3) is 2.80. The molecule has 5 nitrogen and oxygen atoms in total. The molecule has 1 amide bonds. The fourth-order valence-corrected chi connectivity index (χ4v) is 2.16. The topological polar surface area (TPSA) is 62.7 Å². The van der Waals surface area contributed by atoms with Crippen LogP contribution in [-0.2, 0) is 4.74 Å². The lowest BCUT2D eigenvalue weighted by Gasteiger charge is -2.32. The Morgan fingerprint density at radius 2 is 2.50 bits per heavy atom. The molecule has 1 fully saturated rings. The fourth-order valence-electron chi connectivity index (χ4n) is 1.87. The Hall–Kier alpha value is -1.17. The fraction of sp³-hybridized carbons (Fsp3) is 0.500. The zero-order chi connectivity index (χ0) is 13.1. The third-order valence-electron chi connectivity index (χ3n) is 2.85. The van der Waals surface area contributed by atoms with E-state index in [1.54, 1.807) is 11.0 Å². The van der Waals surface area contributed by atoms with Crippen LogP contribution in [0.5, 0.6) is 0 Å². The van der Waals surface area contributed by atoms with Crippen LogP contribution in [-0.4, -0.2) is 53.3 Å². The summed E-state index contributed by atoms with van der Waals surface area (Å²) in [6.45, 7) is 3.02. The van der Waals surface area contributed by atoms with E-state index in [1.807, 2.05) is 6.92 Å². The van der Waals surface area contributed by atoms with Crippen LogP contribution in [0.2, 0.25) is 5.02 Å². The van der Waals surface area contributed by atoms with E-state index in [4.69, 9.17) is 21.4 Å². The Kier molecular flexibility index (Phi) is 4.16. The molecule has 1 aliphatic heterocycles. The van der Waals surface area contributed by atoms with Crippen LogP contribution in [0.1, 0.15) is 16.1 Å². The van der Waals surface area contributed by atoms with Crippen LogP contribution in [0.25, 0.3) is 0 Å². The quantitative estimate of drug-likeness (QED) is 0.866. The number of hydrogen-bond acceptors (Lipinski definition) is 4. The smallest absolute Gasteiger partial charge is 0.257 e. The summed E-state index contributed by atoms with van der Waals surface area (Å²) < 4.78 is 5.30. The summed E-state index contributed by atoms with van der Waals surface area (Å²) in [5.41, 5.74) is 1.16. The monoisotopic (exact) mass is 270 g/mol. The number of ether oxygens (including phenoxy) is 1. The summed E-state index contributed by atoms with van der Waals surface area (Å²) in [4.78, 5) is 18.0. The van der Waals surface area contributed by atoms with Gasteiger partial charge in [-0.3, -0.25) is 9.78 Å². The molecular weight excluding hydrogens is 256 g/mol. The normalized spacial score (nSPS) is 19.9. The maximum absolute atomic E-state index is 12.3. The van der Waals surface area contributed by atoms with Crippen LogP contribution in [0.3, 0.4) is 0 Å². The number of aromatic nitrogens is 1. The van der Waals surface area contributed by atoms with Crippen LogP contribution < -0.4 is 0 Å². The van der Waals surface area contributed by atoms with Crippen molar-refractivity contribution < 1.29 is 14.6 Å². The van der Waals surface area contributed by atoms with E-state index in [-0.39, 0.29) is 18.6 Å². The molecule has 18 heavy (non-hydrogen) atoms. The summed E-state index contributed by atoms with van der Waals surface area (Å²) in [5, 5.41) is 9.45. The number of amides is 1. The second-order valence-electron chi connectivity index (χ2n) is 4.23. The average molecular weight is 271 g/mol. The van der Waals surface area contributed by atoms with Crippen molar-refractivity contribution in [2.24, 2.45) is 0 Å². The number of carbonyl (C=O) groups is 1. The lowest BCUT2D eigenvalue weighted by Crippen LogP contribution is -2.47. The minimum atomic E-state index is -0.320. The minimum absolute atomic E-state index is 0.0936. The highest BCUT2D eigenvalue weighted by Crippen LogP contribution is 2.19. The first-order valence-electron chi connectivity index (χ1n) is 5.75. The molecule has 98 valence electrons. The molecule has 0 spiro atoms. The first-order valence-corrected chi connectivity index (χ1v) is 6.13. The van der Waals surface area contributed by atoms with Gasteiger partial charge in [0.15, 0.2) is 0 Å². The predicted octanol–water partition coefficient (Wildman–Crippen LogP) is 0.877. The van der Waals surface area contributed by atoms with Gasteiger partial charge in [0.2, 0.25) is 0 Å². The van der Waals surface area contributed by atoms with E-state index in [0.29, 0.717) is 30.3 Å². The molecule has 1 N–H and O–H groups in total. The number of morpholine rings is 1. The van der Waals surface area contributed by atoms with Gasteiger partial charge in [-0.2, -0.15) is 0 Å². The van der Waals surface area contributed by atoms with Gasteiger partial charge >= 0.3 is 0 Å². The highest BCUT2D eigenvalue weighted by molar-refractivity contribution is 6.33. The molecule has 1 aromatic heterocycles. The van der Waals surface area contributed by atoms with Crippen LogP contribution in [0, 0.1) is 6.92 Å². The van der Waals surface area contributed by atoms with Gasteiger partial charge in [0, 0.05) is 25.0 Å². The largest absolute Gasteiger partial charge is 0.394 e. The van der Waals surface area contributed by atoms with E-state index in [1.165, 1.54) is 6.20 Å². The van der Waals surface area contributed by atoms with Gasteiger partial charge in [0.25, 0.3) is 5.91 Å². The van der Waals surface area contributed by atoms with Gasteiger partial charge in [-0.15, -0.1) is 0 Å². The van der Waals surface area contributed by atoms with E-state index in [9.17, 15) is 4.79 Å². The van der Waals surface area contributed by atoms with E-state index in [2.05, 4.69) is 4.98 Å². The molecule has 1 atom stereocenters. The molecule has 0 radical (unpaired) electrons. The van der Waals surface area contributed by atoms with Crippen LogP contribution >= 0.6 is 11.6 Å². The second kappa shape index (κ2) is 5.65. The zero-order valence-corrected chi connectivity index (χ0v) is 10.9. The number of hydrogen-bond donors (Lipinski definition) is 1. The first-order chi connectivity index (χ1) is 8.61. The molecule has 2 heterocycles. The number of carbonyl (C=O) groups excluding carboxylic acids is 1. The van der Waals surface area contributed by atoms with Crippen molar-refractivity contribution in [3.05, 3.63) is 28.5 Å². The van der Waals surface area contributed by atoms with Gasteiger partial charge in [-0.05, 0) is 13.0 Å². The molecule has 0 saturated carbocycles. The van der Waals surface area contributed by atoms with Gasteiger partial charge in [0.1, 0.15) is 0 Å². The van der Waals surface area contributed by atoms with Crippen molar-refractivity contribution in [1.82, 2.24) is 9.88 Å². The van der Waals surface area contributed by atoms with Crippen LogP contribution in [0.4, 0.5) is 0 Å². The molecule has 1 aromatic rings. The molecule has 1 aliphatic rings. The first kappa shape index (κ1) is 13.3. The Morgan fingerprint density at radius 3 is 3.17 bits per heavy atom. The summed E-state index contributed by atoms with van der Waals surface area (Å²) in [6, 6.07) is 1.67. The molecule has 0 aliphatic carbocycles.